The molecule has 6 nitrogen and oxygen atoms in total. The molecule has 0 aliphatic carbocycles. The lowest BCUT2D eigenvalue weighted by atomic mass is 10.0. The number of hydrogen-bond donors (Lipinski definition) is 3. The minimum absolute atomic E-state index is 0.0221. The van der Waals surface area contributed by atoms with E-state index in [-0.39, 0.29) is 18.5 Å². The summed E-state index contributed by atoms with van der Waals surface area (Å²) in [6.45, 7) is 5.00. The average Bonchev–Trinajstić information content (AvgIpc) is 3.50. The van der Waals surface area contributed by atoms with Crippen molar-refractivity contribution in [1.29, 1.82) is 0 Å². The van der Waals surface area contributed by atoms with E-state index in [0.29, 0.717) is 25.9 Å². The molecule has 0 aliphatic rings. The zero-order valence-electron chi connectivity index (χ0n) is 57.4. The van der Waals surface area contributed by atoms with Crippen molar-refractivity contribution in [2.75, 3.05) is 13.2 Å². The second-order valence-electron chi connectivity index (χ2n) is 27.0. The standard InChI is InChI=1S/C78H153NO5/c1-3-5-7-9-11-13-15-16-17-18-38-41-44-47-51-54-58-62-66-70-76(81)75(74-80)79-77(82)71-67-63-59-55-52-48-45-42-39-36-34-32-30-28-26-24-22-20-19-21-23-25-27-29-31-33-35-37-40-43-46-49-53-57-61-65-69-73-84-78(83)72-68-64-60-56-50-14-12-10-8-6-4-2/h19,21,75-76,80-81H,3-18,20,22-74H2,1-2H3,(H,79,82)/b21-19-. The van der Waals surface area contributed by atoms with Crippen LogP contribution < -0.4 is 5.32 Å². The number of ether oxygens (including phenoxy) is 1. The number of unbranched alkanes of at least 4 members (excludes halogenated alkanes) is 61. The summed E-state index contributed by atoms with van der Waals surface area (Å²) >= 11 is 0. The lowest BCUT2D eigenvalue weighted by molar-refractivity contribution is -0.143. The quantitative estimate of drug-likeness (QED) is 0.0320. The number of nitrogens with one attached hydrogen (secondary N) is 1. The van der Waals surface area contributed by atoms with Crippen molar-refractivity contribution < 1.29 is 24.5 Å². The minimum atomic E-state index is -0.661. The van der Waals surface area contributed by atoms with Gasteiger partial charge in [-0.15, -0.1) is 0 Å². The number of aliphatic hydroxyl groups is 2. The molecule has 0 radical (unpaired) electrons. The van der Waals surface area contributed by atoms with Gasteiger partial charge in [0.1, 0.15) is 0 Å². The molecule has 2 unspecified atom stereocenters. The fourth-order valence-electron chi connectivity index (χ4n) is 12.6. The molecule has 84 heavy (non-hydrogen) atoms. The Hall–Kier alpha value is -1.40. The summed E-state index contributed by atoms with van der Waals surface area (Å²) in [6.07, 6.45) is 93.1. The van der Waals surface area contributed by atoms with E-state index in [1.54, 1.807) is 0 Å². The third-order valence-electron chi connectivity index (χ3n) is 18.6. The Labute approximate surface area is 527 Å². The van der Waals surface area contributed by atoms with Gasteiger partial charge >= 0.3 is 5.97 Å². The highest BCUT2D eigenvalue weighted by molar-refractivity contribution is 5.76. The van der Waals surface area contributed by atoms with Crippen molar-refractivity contribution in [1.82, 2.24) is 5.32 Å². The van der Waals surface area contributed by atoms with Crippen LogP contribution in [-0.4, -0.2) is 47.4 Å². The van der Waals surface area contributed by atoms with Gasteiger partial charge in [-0.25, -0.2) is 0 Å². The molecule has 2 atom stereocenters. The van der Waals surface area contributed by atoms with Crippen LogP contribution in [0.15, 0.2) is 12.2 Å². The van der Waals surface area contributed by atoms with Crippen LogP contribution in [-0.2, 0) is 14.3 Å². The van der Waals surface area contributed by atoms with E-state index >= 15 is 0 Å². The lowest BCUT2D eigenvalue weighted by Crippen LogP contribution is -2.45. The summed E-state index contributed by atoms with van der Waals surface area (Å²) in [5.74, 6) is -0.00372. The first-order valence-corrected chi connectivity index (χ1v) is 38.9. The fraction of sp³-hybridized carbons (Fsp3) is 0.949. The summed E-state index contributed by atoms with van der Waals surface area (Å²) in [5.41, 5.74) is 0. The monoisotopic (exact) mass is 1180 g/mol. The largest absolute Gasteiger partial charge is 0.466 e. The van der Waals surface area contributed by atoms with Crippen LogP contribution in [0.25, 0.3) is 0 Å². The molecule has 0 fully saturated rings. The summed E-state index contributed by atoms with van der Waals surface area (Å²) in [5, 5.41) is 23.4. The second-order valence-corrected chi connectivity index (χ2v) is 27.0. The van der Waals surface area contributed by atoms with Gasteiger partial charge in [0.05, 0.1) is 25.4 Å². The second kappa shape index (κ2) is 74.1. The molecular weight excluding hydrogens is 1030 g/mol. The number of rotatable bonds is 74. The van der Waals surface area contributed by atoms with Gasteiger partial charge in [-0.1, -0.05) is 398 Å². The summed E-state index contributed by atoms with van der Waals surface area (Å²) in [6, 6.07) is -0.538. The molecule has 0 aromatic rings. The highest BCUT2D eigenvalue weighted by Crippen LogP contribution is 2.20. The maximum absolute atomic E-state index is 12.6. The summed E-state index contributed by atoms with van der Waals surface area (Å²) in [4.78, 5) is 24.6. The van der Waals surface area contributed by atoms with Crippen LogP contribution in [0.5, 0.6) is 0 Å². The van der Waals surface area contributed by atoms with Gasteiger partial charge < -0.3 is 20.3 Å². The number of allylic oxidation sites excluding steroid dienone is 2. The van der Waals surface area contributed by atoms with E-state index in [2.05, 4.69) is 31.3 Å². The third-order valence-corrected chi connectivity index (χ3v) is 18.6. The zero-order chi connectivity index (χ0) is 60.6. The minimum Gasteiger partial charge on any atom is -0.466 e. The predicted octanol–water partition coefficient (Wildman–Crippen LogP) is 25.5. The van der Waals surface area contributed by atoms with Gasteiger partial charge in [0, 0.05) is 12.8 Å². The molecule has 0 aliphatic heterocycles. The Bertz CT molecular complexity index is 1270. The lowest BCUT2D eigenvalue weighted by Gasteiger charge is -2.22. The first-order chi connectivity index (χ1) is 41.5. The molecule has 0 aromatic carbocycles. The third kappa shape index (κ3) is 69.7. The number of carbonyl (C=O) groups excluding carboxylic acids is 2. The first-order valence-electron chi connectivity index (χ1n) is 38.9. The van der Waals surface area contributed by atoms with Gasteiger partial charge in [0.2, 0.25) is 5.91 Å². The van der Waals surface area contributed by atoms with E-state index in [0.717, 1.165) is 38.5 Å². The van der Waals surface area contributed by atoms with Crippen molar-refractivity contribution in [3.63, 3.8) is 0 Å². The zero-order valence-corrected chi connectivity index (χ0v) is 57.4. The Morgan fingerprint density at radius 1 is 0.321 bits per heavy atom. The maximum atomic E-state index is 12.6. The molecular formula is C78H153NO5. The fourth-order valence-corrected chi connectivity index (χ4v) is 12.6. The molecule has 6 heteroatoms. The maximum Gasteiger partial charge on any atom is 0.305 e. The number of esters is 1. The molecule has 0 bridgehead atoms. The Morgan fingerprint density at radius 3 is 0.845 bits per heavy atom. The highest BCUT2D eigenvalue weighted by Gasteiger charge is 2.20. The van der Waals surface area contributed by atoms with Crippen molar-refractivity contribution in [3.8, 4) is 0 Å². The van der Waals surface area contributed by atoms with Crippen LogP contribution in [0.3, 0.4) is 0 Å². The number of amides is 1. The molecule has 3 N–H and O–H groups in total. The number of carbonyl (C=O) groups is 2. The Kier molecular flexibility index (Phi) is 72.8. The normalized spacial score (nSPS) is 12.5. The predicted molar refractivity (Wildman–Crippen MR) is 370 cm³/mol. The molecule has 0 heterocycles. The van der Waals surface area contributed by atoms with Crippen molar-refractivity contribution in [2.24, 2.45) is 0 Å². The topological polar surface area (TPSA) is 95.9 Å². The molecule has 0 aromatic heterocycles. The van der Waals surface area contributed by atoms with Crippen molar-refractivity contribution in [2.45, 2.75) is 463 Å². The Morgan fingerprint density at radius 2 is 0.560 bits per heavy atom. The average molecular weight is 1190 g/mol. The van der Waals surface area contributed by atoms with E-state index < -0.39 is 12.1 Å². The van der Waals surface area contributed by atoms with E-state index in [9.17, 15) is 19.8 Å². The molecule has 0 rings (SSSR count). The van der Waals surface area contributed by atoms with Gasteiger partial charge in [-0.05, 0) is 51.4 Å². The van der Waals surface area contributed by atoms with Crippen LogP contribution in [0.1, 0.15) is 450 Å². The SMILES string of the molecule is CCCCCCCCCCCCCCCCCCCCCC(O)C(CO)NC(=O)CCCCCCCCCCCCCCCCCCC/C=C\CCCCCCCCCCCCCCCCCCOC(=O)CCCCCCCCCCCCC. The van der Waals surface area contributed by atoms with E-state index in [4.69, 9.17) is 4.74 Å². The highest BCUT2D eigenvalue weighted by atomic mass is 16.5. The Balaban J connectivity index is 3.33. The van der Waals surface area contributed by atoms with Crippen LogP contribution in [0.2, 0.25) is 0 Å². The molecule has 1 amide bonds. The molecule has 0 spiro atoms. The van der Waals surface area contributed by atoms with E-state index in [1.807, 2.05) is 0 Å². The number of aliphatic hydroxyl groups excluding tert-OH is 2. The van der Waals surface area contributed by atoms with Crippen molar-refractivity contribution >= 4 is 11.9 Å². The molecule has 0 saturated carbocycles. The molecule has 500 valence electrons. The van der Waals surface area contributed by atoms with Crippen LogP contribution in [0.4, 0.5) is 0 Å². The smallest absolute Gasteiger partial charge is 0.305 e. The molecule has 0 saturated heterocycles. The van der Waals surface area contributed by atoms with Crippen LogP contribution in [0, 0.1) is 0 Å². The first kappa shape index (κ1) is 82.6. The number of hydrogen-bond acceptors (Lipinski definition) is 5. The van der Waals surface area contributed by atoms with Crippen LogP contribution >= 0.6 is 0 Å². The summed E-state index contributed by atoms with van der Waals surface area (Å²) < 4.78 is 5.48. The van der Waals surface area contributed by atoms with Gasteiger partial charge in [-0.3, -0.25) is 9.59 Å². The van der Waals surface area contributed by atoms with Gasteiger partial charge in [0.15, 0.2) is 0 Å². The van der Waals surface area contributed by atoms with Gasteiger partial charge in [-0.2, -0.15) is 0 Å². The van der Waals surface area contributed by atoms with Crippen molar-refractivity contribution in [3.05, 3.63) is 12.2 Å². The summed E-state index contributed by atoms with van der Waals surface area (Å²) in [7, 11) is 0. The van der Waals surface area contributed by atoms with Gasteiger partial charge in [0.25, 0.3) is 0 Å². The van der Waals surface area contributed by atoms with E-state index in [1.165, 1.54) is 379 Å².